The molecule has 5 heteroatoms. The molecule has 2 rings (SSSR count). The predicted molar refractivity (Wildman–Crippen MR) is 58.2 cm³/mol. The number of hydrogen-bond acceptors (Lipinski definition) is 4. The molecule has 0 radical (unpaired) electrons. The topological polar surface area (TPSA) is 91.4 Å². The molecule has 1 atom stereocenters. The Labute approximate surface area is 92.9 Å². The largest absolute Gasteiger partial charge is 0.321 e. The second-order valence-electron chi connectivity index (χ2n) is 3.49. The van der Waals surface area contributed by atoms with Crippen molar-refractivity contribution < 1.29 is 0 Å². The molecule has 0 aliphatic rings. The van der Waals surface area contributed by atoms with E-state index in [2.05, 4.69) is 21.3 Å². The summed E-state index contributed by atoms with van der Waals surface area (Å²) in [5.74, 6) is 0.671. The zero-order valence-electron chi connectivity index (χ0n) is 8.59. The van der Waals surface area contributed by atoms with Gasteiger partial charge >= 0.3 is 0 Å². The highest BCUT2D eigenvalue weighted by molar-refractivity contribution is 5.32. The summed E-state index contributed by atoms with van der Waals surface area (Å²) >= 11 is 0. The van der Waals surface area contributed by atoms with Crippen LogP contribution in [-0.2, 0) is 6.42 Å². The quantitative estimate of drug-likeness (QED) is 0.793. The molecule has 0 fully saturated rings. The number of aromatic nitrogens is 3. The molecule has 0 spiro atoms. The molecule has 0 aliphatic heterocycles. The lowest BCUT2D eigenvalue weighted by atomic mass is 10.0. The van der Waals surface area contributed by atoms with Gasteiger partial charge in [-0.2, -0.15) is 10.4 Å². The van der Waals surface area contributed by atoms with Gasteiger partial charge in [-0.15, -0.1) is 0 Å². The zero-order valence-corrected chi connectivity index (χ0v) is 8.59. The van der Waals surface area contributed by atoms with Gasteiger partial charge < -0.3 is 5.73 Å². The Balaban J connectivity index is 2.07. The molecule has 1 aromatic heterocycles. The van der Waals surface area contributed by atoms with Crippen LogP contribution in [0.5, 0.6) is 0 Å². The maximum atomic E-state index is 8.66. The van der Waals surface area contributed by atoms with E-state index in [1.54, 1.807) is 12.1 Å². The van der Waals surface area contributed by atoms with Crippen molar-refractivity contribution in [3.8, 4) is 6.07 Å². The number of benzene rings is 1. The van der Waals surface area contributed by atoms with Gasteiger partial charge in [-0.25, -0.2) is 4.98 Å². The van der Waals surface area contributed by atoms with E-state index in [4.69, 9.17) is 11.0 Å². The van der Waals surface area contributed by atoms with Crippen LogP contribution in [-0.4, -0.2) is 15.2 Å². The van der Waals surface area contributed by atoms with E-state index in [9.17, 15) is 0 Å². The first-order valence-electron chi connectivity index (χ1n) is 4.89. The fraction of sp³-hybridized carbons (Fsp3) is 0.182. The number of rotatable bonds is 3. The van der Waals surface area contributed by atoms with Crippen molar-refractivity contribution in [2.75, 3.05) is 0 Å². The van der Waals surface area contributed by atoms with Gasteiger partial charge in [-0.05, 0) is 24.1 Å². The highest BCUT2D eigenvalue weighted by atomic mass is 15.2. The highest BCUT2D eigenvalue weighted by Gasteiger charge is 2.09. The van der Waals surface area contributed by atoms with Crippen molar-refractivity contribution in [2.24, 2.45) is 5.73 Å². The summed E-state index contributed by atoms with van der Waals surface area (Å²) in [5, 5.41) is 15.2. The molecule has 0 aliphatic carbocycles. The van der Waals surface area contributed by atoms with Crippen LogP contribution in [0, 0.1) is 11.3 Å². The molecule has 0 saturated heterocycles. The molecule has 0 amide bonds. The Hall–Kier alpha value is -2.19. The van der Waals surface area contributed by atoms with Gasteiger partial charge in [-0.3, -0.25) is 5.10 Å². The van der Waals surface area contributed by atoms with Gasteiger partial charge in [-0.1, -0.05) is 12.1 Å². The lowest BCUT2D eigenvalue weighted by molar-refractivity contribution is 0.671. The van der Waals surface area contributed by atoms with Gasteiger partial charge in [0.05, 0.1) is 17.7 Å². The number of nitrogens with one attached hydrogen (secondary N) is 1. The number of aromatic amines is 1. The first kappa shape index (κ1) is 10.3. The summed E-state index contributed by atoms with van der Waals surface area (Å²) in [5.41, 5.74) is 7.67. The SMILES string of the molecule is N#Cc1ccc(CC(N)c2ncn[nH]2)cc1. The molecule has 16 heavy (non-hydrogen) atoms. The summed E-state index contributed by atoms with van der Waals surface area (Å²) in [7, 11) is 0. The second kappa shape index (κ2) is 4.55. The van der Waals surface area contributed by atoms with E-state index in [0.717, 1.165) is 5.56 Å². The minimum atomic E-state index is -0.199. The first-order valence-corrected chi connectivity index (χ1v) is 4.89. The normalized spacial score (nSPS) is 12.0. The molecular formula is C11H11N5. The van der Waals surface area contributed by atoms with Crippen LogP contribution >= 0.6 is 0 Å². The van der Waals surface area contributed by atoms with Crippen LogP contribution in [0.4, 0.5) is 0 Å². The number of H-pyrrole nitrogens is 1. The molecule has 2 aromatic rings. The molecule has 1 heterocycles. The van der Waals surface area contributed by atoms with E-state index in [-0.39, 0.29) is 6.04 Å². The summed E-state index contributed by atoms with van der Waals surface area (Å²) in [4.78, 5) is 4.00. The molecule has 80 valence electrons. The minimum Gasteiger partial charge on any atom is -0.321 e. The van der Waals surface area contributed by atoms with Crippen LogP contribution in [0.25, 0.3) is 0 Å². The van der Waals surface area contributed by atoms with Crippen LogP contribution in [0.1, 0.15) is 23.0 Å². The zero-order chi connectivity index (χ0) is 11.4. The van der Waals surface area contributed by atoms with Crippen molar-refractivity contribution in [3.05, 3.63) is 47.5 Å². The maximum absolute atomic E-state index is 8.66. The maximum Gasteiger partial charge on any atom is 0.141 e. The smallest absolute Gasteiger partial charge is 0.141 e. The fourth-order valence-corrected chi connectivity index (χ4v) is 1.46. The van der Waals surface area contributed by atoms with Gasteiger partial charge in [0, 0.05) is 0 Å². The van der Waals surface area contributed by atoms with Gasteiger partial charge in [0.15, 0.2) is 0 Å². The van der Waals surface area contributed by atoms with Crippen LogP contribution in [0.3, 0.4) is 0 Å². The Morgan fingerprint density at radius 1 is 1.38 bits per heavy atom. The van der Waals surface area contributed by atoms with Crippen molar-refractivity contribution >= 4 is 0 Å². The Kier molecular flexibility index (Phi) is 2.94. The Bertz CT molecular complexity index is 480. The van der Waals surface area contributed by atoms with Gasteiger partial charge in [0.25, 0.3) is 0 Å². The fourth-order valence-electron chi connectivity index (χ4n) is 1.46. The minimum absolute atomic E-state index is 0.199. The Morgan fingerprint density at radius 2 is 2.12 bits per heavy atom. The average molecular weight is 213 g/mol. The average Bonchev–Trinajstić information content (AvgIpc) is 2.83. The number of nitrogens with zero attached hydrogens (tertiary/aromatic N) is 3. The molecule has 1 unspecified atom stereocenters. The van der Waals surface area contributed by atoms with Gasteiger partial charge in [0.2, 0.25) is 0 Å². The summed E-state index contributed by atoms with van der Waals surface area (Å²) in [6.07, 6.45) is 2.11. The number of hydrogen-bond donors (Lipinski definition) is 2. The molecule has 0 bridgehead atoms. The van der Waals surface area contributed by atoms with E-state index in [1.807, 2.05) is 12.1 Å². The Morgan fingerprint density at radius 3 is 2.69 bits per heavy atom. The molecular weight excluding hydrogens is 202 g/mol. The number of nitrogens with two attached hydrogens (primary N) is 1. The van der Waals surface area contributed by atoms with Crippen molar-refractivity contribution in [3.63, 3.8) is 0 Å². The predicted octanol–water partition coefficient (Wildman–Crippen LogP) is 0.919. The molecule has 3 N–H and O–H groups in total. The third-order valence-electron chi connectivity index (χ3n) is 2.32. The highest BCUT2D eigenvalue weighted by Crippen LogP contribution is 2.12. The summed E-state index contributed by atoms with van der Waals surface area (Å²) < 4.78 is 0. The summed E-state index contributed by atoms with van der Waals surface area (Å²) in [6.45, 7) is 0. The van der Waals surface area contributed by atoms with Crippen LogP contribution in [0.2, 0.25) is 0 Å². The second-order valence-corrected chi connectivity index (χ2v) is 3.49. The number of nitriles is 1. The standard InChI is InChI=1S/C11H11N5/c12-6-9-3-1-8(2-4-9)5-10(13)11-14-7-15-16-11/h1-4,7,10H,5,13H2,(H,14,15,16). The van der Waals surface area contributed by atoms with Crippen molar-refractivity contribution in [2.45, 2.75) is 12.5 Å². The van der Waals surface area contributed by atoms with E-state index in [0.29, 0.717) is 17.8 Å². The van der Waals surface area contributed by atoms with Crippen molar-refractivity contribution in [1.29, 1.82) is 5.26 Å². The third-order valence-corrected chi connectivity index (χ3v) is 2.32. The van der Waals surface area contributed by atoms with E-state index >= 15 is 0 Å². The van der Waals surface area contributed by atoms with Gasteiger partial charge in [0.1, 0.15) is 12.2 Å². The van der Waals surface area contributed by atoms with Crippen LogP contribution < -0.4 is 5.73 Å². The third kappa shape index (κ3) is 2.24. The van der Waals surface area contributed by atoms with E-state index < -0.39 is 0 Å². The monoisotopic (exact) mass is 213 g/mol. The lowest BCUT2D eigenvalue weighted by Crippen LogP contribution is -2.15. The van der Waals surface area contributed by atoms with Crippen molar-refractivity contribution in [1.82, 2.24) is 15.2 Å². The molecule has 0 saturated carbocycles. The van der Waals surface area contributed by atoms with E-state index in [1.165, 1.54) is 6.33 Å². The molecule has 1 aromatic carbocycles. The van der Waals surface area contributed by atoms with Crippen LogP contribution in [0.15, 0.2) is 30.6 Å². The first-order chi connectivity index (χ1) is 7.79. The lowest BCUT2D eigenvalue weighted by Gasteiger charge is -2.07. The summed E-state index contributed by atoms with van der Waals surface area (Å²) in [6, 6.07) is 9.23. The molecule has 5 nitrogen and oxygen atoms in total.